The lowest BCUT2D eigenvalue weighted by Gasteiger charge is -2.43. The van der Waals surface area contributed by atoms with Crippen molar-refractivity contribution in [3.05, 3.63) is 65.2 Å². The van der Waals surface area contributed by atoms with Crippen molar-refractivity contribution in [1.82, 2.24) is 19.8 Å². The summed E-state index contributed by atoms with van der Waals surface area (Å²) in [6.07, 6.45) is -4.33. The van der Waals surface area contributed by atoms with Gasteiger partial charge in [0.15, 0.2) is 0 Å². The van der Waals surface area contributed by atoms with E-state index in [1.165, 1.54) is 42.2 Å². The SMILES string of the molecule is CC(=O)N1CCC(N2C(=O)c3cccc(c3)S(=O)(=O)Nc3nc(cc(-c4c(C)cccc4C)n3)OC[C@H]2CC2(C(F)(F)F)CC2)CC1. The number of ether oxygens (including phenoxy) is 1. The van der Waals surface area contributed by atoms with Gasteiger partial charge in [-0.15, -0.1) is 0 Å². The van der Waals surface area contributed by atoms with Gasteiger partial charge in [-0.2, -0.15) is 18.2 Å². The van der Waals surface area contributed by atoms with Crippen molar-refractivity contribution in [2.75, 3.05) is 24.4 Å². The molecule has 6 rings (SSSR count). The molecular weight excluding hydrogens is 635 g/mol. The van der Waals surface area contributed by atoms with Crippen LogP contribution in [0.4, 0.5) is 19.1 Å². The van der Waals surface area contributed by atoms with Gasteiger partial charge in [0.25, 0.3) is 15.9 Å². The van der Waals surface area contributed by atoms with Crippen molar-refractivity contribution in [3.8, 4) is 17.1 Å². The highest BCUT2D eigenvalue weighted by Crippen LogP contribution is 2.61. The Balaban J connectivity index is 1.49. The Kier molecular flexibility index (Phi) is 8.43. The number of hydrogen-bond donors (Lipinski definition) is 1. The summed E-state index contributed by atoms with van der Waals surface area (Å²) in [5.74, 6) is -1.07. The highest BCUT2D eigenvalue weighted by Gasteiger charge is 2.64. The minimum Gasteiger partial charge on any atom is -0.475 e. The second-order valence-electron chi connectivity index (χ2n) is 12.7. The number of carbonyl (C=O) groups excluding carboxylic acids is 2. The normalized spacial score (nSPS) is 21.1. The highest BCUT2D eigenvalue weighted by atomic mass is 32.2. The topological polar surface area (TPSA) is 122 Å². The van der Waals surface area contributed by atoms with Crippen LogP contribution in [0, 0.1) is 19.3 Å². The molecule has 2 amide bonds. The molecule has 1 saturated carbocycles. The van der Waals surface area contributed by atoms with E-state index in [0.29, 0.717) is 31.6 Å². The predicted molar refractivity (Wildman–Crippen MR) is 167 cm³/mol. The average Bonchev–Trinajstić information content (AvgIpc) is 3.81. The Morgan fingerprint density at radius 2 is 1.70 bits per heavy atom. The van der Waals surface area contributed by atoms with Gasteiger partial charge in [0.2, 0.25) is 17.7 Å². The number of fused-ring (bicyclic) bond motifs is 4. The van der Waals surface area contributed by atoms with E-state index in [1.807, 2.05) is 32.0 Å². The van der Waals surface area contributed by atoms with E-state index >= 15 is 0 Å². The summed E-state index contributed by atoms with van der Waals surface area (Å²) in [6.45, 7) is 5.54. The molecule has 14 heteroatoms. The minimum atomic E-state index is -4.49. The van der Waals surface area contributed by atoms with Gasteiger partial charge in [-0.1, -0.05) is 24.3 Å². The lowest BCUT2D eigenvalue weighted by Crippen LogP contribution is -2.55. The molecule has 2 aromatic carbocycles. The van der Waals surface area contributed by atoms with Crippen LogP contribution >= 0.6 is 0 Å². The van der Waals surface area contributed by atoms with Crippen molar-refractivity contribution >= 4 is 27.8 Å². The van der Waals surface area contributed by atoms with Gasteiger partial charge >= 0.3 is 6.18 Å². The van der Waals surface area contributed by atoms with Crippen LogP contribution in [0.5, 0.6) is 5.88 Å². The maximum atomic E-state index is 14.4. The van der Waals surface area contributed by atoms with Crippen molar-refractivity contribution in [1.29, 1.82) is 0 Å². The minimum absolute atomic E-state index is 0.00632. The summed E-state index contributed by atoms with van der Waals surface area (Å²) in [4.78, 5) is 38.1. The van der Waals surface area contributed by atoms with Crippen LogP contribution in [0.3, 0.4) is 0 Å². The average molecular weight is 672 g/mol. The number of piperidine rings is 1. The Hall–Kier alpha value is -4.20. The third-order valence-electron chi connectivity index (χ3n) is 9.49. The van der Waals surface area contributed by atoms with E-state index in [2.05, 4.69) is 14.7 Å². The maximum absolute atomic E-state index is 14.4. The Morgan fingerprint density at radius 1 is 1.04 bits per heavy atom. The van der Waals surface area contributed by atoms with Gasteiger partial charge in [-0.25, -0.2) is 18.1 Å². The number of benzene rings is 2. The summed E-state index contributed by atoms with van der Waals surface area (Å²) in [5, 5.41) is 0. The van der Waals surface area contributed by atoms with Gasteiger partial charge in [0.05, 0.1) is 22.0 Å². The van der Waals surface area contributed by atoms with E-state index in [4.69, 9.17) is 4.74 Å². The molecule has 1 aromatic heterocycles. The zero-order chi connectivity index (χ0) is 33.7. The van der Waals surface area contributed by atoms with Crippen molar-refractivity contribution < 1.29 is 35.9 Å². The van der Waals surface area contributed by atoms with E-state index < -0.39 is 46.0 Å². The summed E-state index contributed by atoms with van der Waals surface area (Å²) in [5.41, 5.74) is 0.850. The molecule has 1 atom stereocenters. The number of nitrogens with one attached hydrogen (secondary N) is 1. The van der Waals surface area contributed by atoms with Gasteiger partial charge in [-0.05, 0) is 75.3 Å². The third-order valence-corrected chi connectivity index (χ3v) is 10.8. The monoisotopic (exact) mass is 671 g/mol. The molecule has 1 N–H and O–H groups in total. The van der Waals surface area contributed by atoms with Crippen LogP contribution in [0.2, 0.25) is 0 Å². The molecule has 3 heterocycles. The molecule has 0 radical (unpaired) electrons. The van der Waals surface area contributed by atoms with Crippen molar-refractivity contribution in [2.45, 2.75) is 76.0 Å². The quantitative estimate of drug-likeness (QED) is 0.389. The molecule has 10 nitrogen and oxygen atoms in total. The third kappa shape index (κ3) is 6.52. The number of aromatic nitrogens is 2. The lowest BCUT2D eigenvalue weighted by molar-refractivity contribution is -0.193. The molecule has 2 aliphatic heterocycles. The number of carbonyl (C=O) groups is 2. The molecule has 47 heavy (non-hydrogen) atoms. The van der Waals surface area contributed by atoms with Crippen LogP contribution in [0.25, 0.3) is 11.3 Å². The molecular formula is C33H36F3N5O5S. The van der Waals surface area contributed by atoms with E-state index in [1.54, 1.807) is 4.90 Å². The summed E-state index contributed by atoms with van der Waals surface area (Å²) < 4.78 is 79.0. The number of likely N-dealkylation sites (tertiary alicyclic amines) is 1. The standard InChI is InChI=1S/C33H36F3N5O5S/c1-20-6-4-7-21(2)29(20)27-17-28-38-31(37-27)39-47(44,45)26-9-5-8-23(16-26)30(43)41(24-10-14-40(15-11-24)22(3)42)25(19-46-28)18-32(12-13-32)33(34,35)36/h4-9,16-17,24-25H,10-15,18-19H2,1-3H3,(H,37,38,39)/t25-/m1/s1. The highest BCUT2D eigenvalue weighted by molar-refractivity contribution is 7.92. The number of amides is 2. The Bertz CT molecular complexity index is 1800. The number of nitrogens with zero attached hydrogens (tertiary/aromatic N) is 4. The zero-order valence-corrected chi connectivity index (χ0v) is 27.1. The number of anilines is 1. The Morgan fingerprint density at radius 3 is 2.32 bits per heavy atom. The van der Waals surface area contributed by atoms with Gasteiger partial charge in [0.1, 0.15) is 6.61 Å². The molecule has 1 saturated heterocycles. The van der Waals surface area contributed by atoms with E-state index in [0.717, 1.165) is 16.7 Å². The molecule has 3 aliphatic rings. The summed E-state index contributed by atoms with van der Waals surface area (Å²) >= 11 is 0. The van der Waals surface area contributed by atoms with Gasteiger partial charge < -0.3 is 14.5 Å². The maximum Gasteiger partial charge on any atom is 0.394 e. The molecule has 3 aromatic rings. The second kappa shape index (κ2) is 12.1. The number of sulfonamides is 1. The van der Waals surface area contributed by atoms with Crippen LogP contribution in [-0.2, 0) is 14.8 Å². The number of rotatable bonds is 4. The first-order valence-electron chi connectivity index (χ1n) is 15.5. The van der Waals surface area contributed by atoms with Gasteiger partial charge in [-0.3, -0.25) is 9.59 Å². The molecule has 250 valence electrons. The van der Waals surface area contributed by atoms with Crippen LogP contribution in [0.1, 0.15) is 60.5 Å². The zero-order valence-electron chi connectivity index (χ0n) is 26.3. The molecule has 0 unspecified atom stereocenters. The van der Waals surface area contributed by atoms with Gasteiger partial charge in [0, 0.05) is 43.2 Å². The fourth-order valence-corrected chi connectivity index (χ4v) is 7.72. The van der Waals surface area contributed by atoms with Crippen molar-refractivity contribution in [2.24, 2.45) is 5.41 Å². The molecule has 2 fully saturated rings. The van der Waals surface area contributed by atoms with Crippen LogP contribution in [0.15, 0.2) is 53.4 Å². The first kappa shape index (κ1) is 32.7. The second-order valence-corrected chi connectivity index (χ2v) is 14.4. The number of halogens is 3. The number of aryl methyl sites for hydroxylation is 2. The largest absolute Gasteiger partial charge is 0.475 e. The number of hydrogen-bond acceptors (Lipinski definition) is 7. The fraction of sp³-hybridized carbons (Fsp3) is 0.455. The lowest BCUT2D eigenvalue weighted by atomic mass is 9.92. The van der Waals surface area contributed by atoms with Crippen molar-refractivity contribution in [3.63, 3.8) is 0 Å². The summed E-state index contributed by atoms with van der Waals surface area (Å²) in [6, 6.07) is 11.0. The van der Waals surface area contributed by atoms with Crippen LogP contribution in [-0.4, -0.2) is 78.0 Å². The van der Waals surface area contributed by atoms with Crippen LogP contribution < -0.4 is 9.46 Å². The smallest absolute Gasteiger partial charge is 0.394 e. The van der Waals surface area contributed by atoms with E-state index in [-0.39, 0.29) is 47.6 Å². The first-order chi connectivity index (χ1) is 22.2. The first-order valence-corrected chi connectivity index (χ1v) is 17.0. The fourth-order valence-electron chi connectivity index (χ4n) is 6.73. The molecule has 0 spiro atoms. The molecule has 4 bridgehead atoms. The Labute approximate surface area is 271 Å². The number of alkyl halides is 3. The summed E-state index contributed by atoms with van der Waals surface area (Å²) in [7, 11) is -4.31. The van der Waals surface area contributed by atoms with E-state index in [9.17, 15) is 31.2 Å². The predicted octanol–water partition coefficient (Wildman–Crippen LogP) is 5.51. The molecule has 1 aliphatic carbocycles.